The number of aromatic nitrogens is 1. The molecule has 0 aliphatic carbocycles. The van der Waals surface area contributed by atoms with Crippen molar-refractivity contribution in [3.05, 3.63) is 65.9 Å². The second-order valence-electron chi connectivity index (χ2n) is 4.95. The minimum atomic E-state index is 0.751. The lowest BCUT2D eigenvalue weighted by Gasteiger charge is -2.11. The number of anilines is 2. The molecule has 0 amide bonds. The third-order valence-corrected chi connectivity index (χ3v) is 3.36. The first kappa shape index (κ1) is 12.5. The van der Waals surface area contributed by atoms with Gasteiger partial charge in [0.1, 0.15) is 5.82 Å². The van der Waals surface area contributed by atoms with E-state index in [9.17, 15) is 0 Å². The maximum atomic E-state index is 6.08. The first-order chi connectivity index (χ1) is 9.74. The Balaban J connectivity index is 1.95. The molecule has 1 aromatic heterocycles. The molecule has 2 aromatic carbocycles. The predicted octanol–water partition coefficient (Wildman–Crippen LogP) is 3.74. The van der Waals surface area contributed by atoms with Gasteiger partial charge in [-0.15, -0.1) is 0 Å². The molecule has 0 aliphatic heterocycles. The summed E-state index contributed by atoms with van der Waals surface area (Å²) >= 11 is 0. The molecule has 0 radical (unpaired) electrons. The number of pyridine rings is 1. The maximum Gasteiger partial charge on any atom is 0.134 e. The van der Waals surface area contributed by atoms with Crippen molar-refractivity contribution in [1.29, 1.82) is 0 Å². The van der Waals surface area contributed by atoms with E-state index in [1.54, 1.807) is 6.20 Å². The molecule has 3 rings (SSSR count). The van der Waals surface area contributed by atoms with E-state index in [2.05, 4.69) is 28.5 Å². The van der Waals surface area contributed by atoms with Crippen LogP contribution in [0.2, 0.25) is 0 Å². The monoisotopic (exact) mass is 263 g/mol. The summed E-state index contributed by atoms with van der Waals surface area (Å²) in [7, 11) is 0. The van der Waals surface area contributed by atoms with Crippen LogP contribution in [0.3, 0.4) is 0 Å². The van der Waals surface area contributed by atoms with Crippen LogP contribution in [0.15, 0.2) is 54.7 Å². The number of nitrogen functional groups attached to an aromatic ring is 1. The lowest BCUT2D eigenvalue weighted by atomic mass is 10.1. The lowest BCUT2D eigenvalue weighted by molar-refractivity contribution is 1.12. The van der Waals surface area contributed by atoms with Crippen LogP contribution in [0.5, 0.6) is 0 Å². The fourth-order valence-electron chi connectivity index (χ4n) is 2.39. The van der Waals surface area contributed by atoms with E-state index in [0.29, 0.717) is 0 Å². The fraction of sp³-hybridized carbons (Fsp3) is 0.118. The lowest BCUT2D eigenvalue weighted by Crippen LogP contribution is -2.02. The van der Waals surface area contributed by atoms with E-state index in [1.165, 1.54) is 5.56 Å². The third kappa shape index (κ3) is 2.43. The molecule has 0 saturated carbocycles. The molecule has 0 atom stereocenters. The van der Waals surface area contributed by atoms with Crippen molar-refractivity contribution < 1.29 is 0 Å². The molecule has 3 nitrogen and oxygen atoms in total. The number of rotatable bonds is 3. The average molecular weight is 263 g/mol. The van der Waals surface area contributed by atoms with Gasteiger partial charge in [-0.2, -0.15) is 0 Å². The van der Waals surface area contributed by atoms with Gasteiger partial charge in [-0.05, 0) is 36.2 Å². The molecule has 0 aliphatic rings. The fourth-order valence-corrected chi connectivity index (χ4v) is 2.39. The molecule has 3 heteroatoms. The minimum absolute atomic E-state index is 0.751. The minimum Gasteiger partial charge on any atom is -0.398 e. The molecular formula is C17H17N3. The number of benzene rings is 2. The highest BCUT2D eigenvalue weighted by atomic mass is 15.0. The number of hydrogen-bond acceptors (Lipinski definition) is 3. The highest BCUT2D eigenvalue weighted by molar-refractivity contribution is 5.99. The van der Waals surface area contributed by atoms with Gasteiger partial charge < -0.3 is 11.1 Å². The highest BCUT2D eigenvalue weighted by Crippen LogP contribution is 2.27. The Morgan fingerprint density at radius 3 is 2.65 bits per heavy atom. The van der Waals surface area contributed by atoms with Crippen LogP contribution in [0.4, 0.5) is 11.5 Å². The molecule has 3 aromatic rings. The van der Waals surface area contributed by atoms with Gasteiger partial charge in [0.05, 0.1) is 0 Å². The Morgan fingerprint density at radius 2 is 1.85 bits per heavy atom. The van der Waals surface area contributed by atoms with Crippen LogP contribution < -0.4 is 11.1 Å². The molecule has 20 heavy (non-hydrogen) atoms. The first-order valence-electron chi connectivity index (χ1n) is 6.66. The Kier molecular flexibility index (Phi) is 3.25. The number of aryl methyl sites for hydroxylation is 1. The SMILES string of the molecule is Cc1cc(N)c2ccnc(NCc3ccccc3)c2c1. The van der Waals surface area contributed by atoms with Crippen LogP contribution in [0.1, 0.15) is 11.1 Å². The summed E-state index contributed by atoms with van der Waals surface area (Å²) < 4.78 is 0. The van der Waals surface area contributed by atoms with Crippen molar-refractivity contribution >= 4 is 22.3 Å². The van der Waals surface area contributed by atoms with E-state index in [4.69, 9.17) is 5.73 Å². The summed E-state index contributed by atoms with van der Waals surface area (Å²) in [5.74, 6) is 0.877. The van der Waals surface area contributed by atoms with Crippen molar-refractivity contribution in [2.24, 2.45) is 0 Å². The quantitative estimate of drug-likeness (QED) is 0.708. The third-order valence-electron chi connectivity index (χ3n) is 3.36. The topological polar surface area (TPSA) is 50.9 Å². The maximum absolute atomic E-state index is 6.08. The zero-order valence-corrected chi connectivity index (χ0v) is 11.4. The van der Waals surface area contributed by atoms with E-state index >= 15 is 0 Å². The average Bonchev–Trinajstić information content (AvgIpc) is 2.46. The number of hydrogen-bond donors (Lipinski definition) is 2. The van der Waals surface area contributed by atoms with Crippen molar-refractivity contribution in [3.8, 4) is 0 Å². The second-order valence-corrected chi connectivity index (χ2v) is 4.95. The normalized spacial score (nSPS) is 10.7. The van der Waals surface area contributed by atoms with Crippen LogP contribution in [-0.2, 0) is 6.54 Å². The summed E-state index contributed by atoms with van der Waals surface area (Å²) in [5, 5.41) is 5.50. The second kappa shape index (κ2) is 5.21. The van der Waals surface area contributed by atoms with Crippen LogP contribution in [-0.4, -0.2) is 4.98 Å². The van der Waals surface area contributed by atoms with E-state index in [-0.39, 0.29) is 0 Å². The van der Waals surface area contributed by atoms with Gasteiger partial charge in [0.2, 0.25) is 0 Å². The van der Waals surface area contributed by atoms with Gasteiger partial charge in [-0.25, -0.2) is 4.98 Å². The van der Waals surface area contributed by atoms with Crippen LogP contribution in [0, 0.1) is 6.92 Å². The Hall–Kier alpha value is -2.55. The van der Waals surface area contributed by atoms with Gasteiger partial charge in [0, 0.05) is 29.2 Å². The Bertz CT molecular complexity index is 736. The number of fused-ring (bicyclic) bond motifs is 1. The molecule has 0 fully saturated rings. The first-order valence-corrected chi connectivity index (χ1v) is 6.66. The molecule has 100 valence electrons. The summed E-state index contributed by atoms with van der Waals surface area (Å²) in [4.78, 5) is 4.44. The van der Waals surface area contributed by atoms with Crippen LogP contribution >= 0.6 is 0 Å². The van der Waals surface area contributed by atoms with Crippen molar-refractivity contribution in [2.75, 3.05) is 11.1 Å². The molecule has 0 saturated heterocycles. The summed E-state index contributed by atoms with van der Waals surface area (Å²) in [5.41, 5.74) is 9.25. The zero-order valence-electron chi connectivity index (χ0n) is 11.4. The van der Waals surface area contributed by atoms with Gasteiger partial charge in [0.15, 0.2) is 0 Å². The van der Waals surface area contributed by atoms with Crippen LogP contribution in [0.25, 0.3) is 10.8 Å². The molecule has 3 N–H and O–H groups in total. The summed E-state index contributed by atoms with van der Waals surface area (Å²) in [6.07, 6.45) is 1.79. The molecule has 0 unspecified atom stereocenters. The standard InChI is InChI=1S/C17H17N3/c1-12-9-15-14(16(18)10-12)7-8-19-17(15)20-11-13-5-3-2-4-6-13/h2-10H,11,18H2,1H3,(H,19,20). The van der Waals surface area contributed by atoms with Gasteiger partial charge >= 0.3 is 0 Å². The number of nitrogens with zero attached hydrogens (tertiary/aromatic N) is 1. The molecule has 0 spiro atoms. The number of nitrogens with two attached hydrogens (primary N) is 1. The smallest absolute Gasteiger partial charge is 0.134 e. The van der Waals surface area contributed by atoms with Gasteiger partial charge in [0.25, 0.3) is 0 Å². The Labute approximate surface area is 118 Å². The van der Waals surface area contributed by atoms with E-state index in [0.717, 1.165) is 34.4 Å². The molecule has 1 heterocycles. The van der Waals surface area contributed by atoms with Crippen molar-refractivity contribution in [3.63, 3.8) is 0 Å². The zero-order chi connectivity index (χ0) is 13.9. The predicted molar refractivity (Wildman–Crippen MR) is 84.7 cm³/mol. The molecule has 0 bridgehead atoms. The number of nitrogens with one attached hydrogen (secondary N) is 1. The van der Waals surface area contributed by atoms with Gasteiger partial charge in [-0.1, -0.05) is 30.3 Å². The largest absolute Gasteiger partial charge is 0.398 e. The summed E-state index contributed by atoms with van der Waals surface area (Å²) in [6, 6.07) is 16.3. The summed E-state index contributed by atoms with van der Waals surface area (Å²) in [6.45, 7) is 2.80. The highest BCUT2D eigenvalue weighted by Gasteiger charge is 2.05. The molecular weight excluding hydrogens is 246 g/mol. The van der Waals surface area contributed by atoms with Crippen molar-refractivity contribution in [1.82, 2.24) is 4.98 Å². The van der Waals surface area contributed by atoms with E-state index in [1.807, 2.05) is 37.3 Å². The van der Waals surface area contributed by atoms with E-state index < -0.39 is 0 Å². The Morgan fingerprint density at radius 1 is 1.05 bits per heavy atom. The van der Waals surface area contributed by atoms with Crippen molar-refractivity contribution in [2.45, 2.75) is 13.5 Å². The van der Waals surface area contributed by atoms with Gasteiger partial charge in [-0.3, -0.25) is 0 Å².